The van der Waals surface area contributed by atoms with Gasteiger partial charge in [0.05, 0.1) is 28.5 Å². The predicted octanol–water partition coefficient (Wildman–Crippen LogP) is 3.07. The van der Waals surface area contributed by atoms with Gasteiger partial charge in [0.15, 0.2) is 0 Å². The molecule has 1 aromatic carbocycles. The number of hydrogen-bond donors (Lipinski definition) is 2. The van der Waals surface area contributed by atoms with E-state index in [0.717, 1.165) is 18.5 Å². The summed E-state index contributed by atoms with van der Waals surface area (Å²) in [5.41, 5.74) is 0.285. The van der Waals surface area contributed by atoms with Gasteiger partial charge in [0, 0.05) is 13.0 Å². The second-order valence-electron chi connectivity index (χ2n) is 5.58. The lowest BCUT2D eigenvalue weighted by atomic mass is 9.81. The van der Waals surface area contributed by atoms with Crippen molar-refractivity contribution in [2.24, 2.45) is 0 Å². The van der Waals surface area contributed by atoms with E-state index in [0.29, 0.717) is 11.6 Å². The first-order valence-corrected chi connectivity index (χ1v) is 6.62. The molecule has 1 aromatic rings. The van der Waals surface area contributed by atoms with E-state index in [2.05, 4.69) is 5.32 Å². The van der Waals surface area contributed by atoms with Gasteiger partial charge in [0.2, 0.25) is 0 Å². The van der Waals surface area contributed by atoms with Crippen LogP contribution in [0.1, 0.15) is 26.7 Å². The van der Waals surface area contributed by atoms with Gasteiger partial charge in [-0.2, -0.15) is 0 Å². The molecule has 1 atom stereocenters. The van der Waals surface area contributed by atoms with E-state index in [1.807, 2.05) is 38.1 Å². The van der Waals surface area contributed by atoms with Crippen LogP contribution in [0.5, 0.6) is 0 Å². The molecule has 2 N–H and O–H groups in total. The lowest BCUT2D eigenvalue weighted by molar-refractivity contribution is -0.0838. The molecule has 1 heterocycles. The summed E-state index contributed by atoms with van der Waals surface area (Å²) in [7, 11) is 0. The second-order valence-corrected chi connectivity index (χ2v) is 5.99. The second kappa shape index (κ2) is 5.08. The number of hydrogen-bond acceptors (Lipinski definition) is 3. The van der Waals surface area contributed by atoms with Crippen LogP contribution in [0, 0.1) is 0 Å². The van der Waals surface area contributed by atoms with Gasteiger partial charge < -0.3 is 15.2 Å². The van der Waals surface area contributed by atoms with E-state index >= 15 is 0 Å². The van der Waals surface area contributed by atoms with Crippen LogP contribution in [-0.2, 0) is 4.74 Å². The average Bonchev–Trinajstić information content (AvgIpc) is 2.31. The van der Waals surface area contributed by atoms with Crippen molar-refractivity contribution in [2.75, 3.05) is 18.5 Å². The minimum absolute atomic E-state index is 0.0744. The van der Waals surface area contributed by atoms with Gasteiger partial charge in [0.1, 0.15) is 0 Å². The Balaban J connectivity index is 2.21. The summed E-state index contributed by atoms with van der Waals surface area (Å²) in [5, 5.41) is 13.8. The van der Waals surface area contributed by atoms with Crippen LogP contribution in [0.4, 0.5) is 5.69 Å². The van der Waals surface area contributed by atoms with Gasteiger partial charge in [-0.25, -0.2) is 0 Å². The topological polar surface area (TPSA) is 41.5 Å². The van der Waals surface area contributed by atoms with Crippen molar-refractivity contribution in [1.82, 2.24) is 0 Å². The summed E-state index contributed by atoms with van der Waals surface area (Å²) >= 11 is 6.16. The van der Waals surface area contributed by atoms with E-state index in [-0.39, 0.29) is 17.7 Å². The van der Waals surface area contributed by atoms with E-state index < -0.39 is 0 Å². The number of benzene rings is 1. The van der Waals surface area contributed by atoms with E-state index in [1.54, 1.807) is 0 Å². The smallest absolute Gasteiger partial charge is 0.0663 e. The summed E-state index contributed by atoms with van der Waals surface area (Å²) in [4.78, 5) is 0. The molecule has 4 heteroatoms. The van der Waals surface area contributed by atoms with Gasteiger partial charge >= 0.3 is 0 Å². The first-order valence-electron chi connectivity index (χ1n) is 6.24. The van der Waals surface area contributed by atoms with Crippen molar-refractivity contribution in [3.05, 3.63) is 29.3 Å². The number of aliphatic hydroxyl groups is 1. The summed E-state index contributed by atoms with van der Waals surface area (Å²) in [6, 6.07) is 7.61. The molecule has 0 aromatic heterocycles. The van der Waals surface area contributed by atoms with Gasteiger partial charge in [-0.15, -0.1) is 0 Å². The summed E-state index contributed by atoms with van der Waals surface area (Å²) in [6.07, 6.45) is 1.53. The Morgan fingerprint density at radius 3 is 2.72 bits per heavy atom. The molecular formula is C14H20ClNO2. The predicted molar refractivity (Wildman–Crippen MR) is 74.2 cm³/mol. The molecule has 0 amide bonds. The number of aliphatic hydroxyl groups excluding tert-OH is 1. The molecule has 2 rings (SSSR count). The van der Waals surface area contributed by atoms with Crippen LogP contribution < -0.4 is 5.32 Å². The molecule has 1 aliphatic rings. The highest BCUT2D eigenvalue weighted by molar-refractivity contribution is 6.33. The molecule has 0 saturated carbocycles. The number of para-hydroxylation sites is 1. The van der Waals surface area contributed by atoms with Crippen LogP contribution in [0.2, 0.25) is 5.02 Å². The number of ether oxygens (including phenoxy) is 1. The van der Waals surface area contributed by atoms with Gasteiger partial charge in [-0.1, -0.05) is 23.7 Å². The largest absolute Gasteiger partial charge is 0.394 e. The zero-order chi connectivity index (χ0) is 13.2. The summed E-state index contributed by atoms with van der Waals surface area (Å²) < 4.78 is 5.71. The highest BCUT2D eigenvalue weighted by Gasteiger charge is 2.40. The molecule has 18 heavy (non-hydrogen) atoms. The normalized spacial score (nSPS) is 26.9. The van der Waals surface area contributed by atoms with Crippen LogP contribution in [-0.4, -0.2) is 29.5 Å². The molecule has 0 radical (unpaired) electrons. The highest BCUT2D eigenvalue weighted by Crippen LogP contribution is 2.36. The average molecular weight is 270 g/mol. The van der Waals surface area contributed by atoms with Crippen molar-refractivity contribution in [2.45, 2.75) is 37.8 Å². The number of nitrogens with one attached hydrogen (secondary N) is 1. The maximum absolute atomic E-state index is 9.76. The van der Waals surface area contributed by atoms with Crippen molar-refractivity contribution >= 4 is 17.3 Å². The Kier molecular flexibility index (Phi) is 3.85. The lowest BCUT2D eigenvalue weighted by Gasteiger charge is -2.45. The zero-order valence-electron chi connectivity index (χ0n) is 10.9. The maximum atomic E-state index is 9.76. The van der Waals surface area contributed by atoms with E-state index in [1.165, 1.54) is 0 Å². The van der Waals surface area contributed by atoms with Crippen LogP contribution >= 0.6 is 11.6 Å². The highest BCUT2D eigenvalue weighted by atomic mass is 35.5. The Morgan fingerprint density at radius 2 is 2.11 bits per heavy atom. The third-order valence-electron chi connectivity index (χ3n) is 3.41. The SMILES string of the molecule is CC1(C)CC(CO)(Nc2ccccc2Cl)CCO1. The van der Waals surface area contributed by atoms with E-state index in [9.17, 15) is 5.11 Å². The number of halogens is 1. The quantitative estimate of drug-likeness (QED) is 0.886. The molecule has 3 nitrogen and oxygen atoms in total. The number of anilines is 1. The fraction of sp³-hybridized carbons (Fsp3) is 0.571. The van der Waals surface area contributed by atoms with Gasteiger partial charge in [0.25, 0.3) is 0 Å². The fourth-order valence-corrected chi connectivity index (χ4v) is 2.79. The lowest BCUT2D eigenvalue weighted by Crippen LogP contribution is -2.53. The summed E-state index contributed by atoms with van der Waals surface area (Å²) in [6.45, 7) is 4.81. The molecule has 100 valence electrons. The fourth-order valence-electron chi connectivity index (χ4n) is 2.61. The third kappa shape index (κ3) is 2.97. The van der Waals surface area contributed by atoms with Crippen LogP contribution in [0.15, 0.2) is 24.3 Å². The monoisotopic (exact) mass is 269 g/mol. The first kappa shape index (κ1) is 13.7. The standard InChI is InChI=1S/C14H20ClNO2/c1-13(2)9-14(10-17,7-8-18-13)16-12-6-4-3-5-11(12)15/h3-6,16-17H,7-10H2,1-2H3. The Bertz CT molecular complexity index is 422. The van der Waals surface area contributed by atoms with Crippen LogP contribution in [0.3, 0.4) is 0 Å². The van der Waals surface area contributed by atoms with E-state index in [4.69, 9.17) is 16.3 Å². The van der Waals surface area contributed by atoms with Crippen molar-refractivity contribution in [1.29, 1.82) is 0 Å². The minimum atomic E-state index is -0.354. The van der Waals surface area contributed by atoms with Gasteiger partial charge in [-0.3, -0.25) is 0 Å². The zero-order valence-corrected chi connectivity index (χ0v) is 11.6. The van der Waals surface area contributed by atoms with Crippen molar-refractivity contribution in [3.8, 4) is 0 Å². The Labute approximate surface area is 113 Å². The maximum Gasteiger partial charge on any atom is 0.0663 e. The summed E-state index contributed by atoms with van der Waals surface area (Å²) in [5.74, 6) is 0. The Morgan fingerprint density at radius 1 is 1.39 bits per heavy atom. The molecular weight excluding hydrogens is 250 g/mol. The first-order chi connectivity index (χ1) is 8.46. The molecule has 0 bridgehead atoms. The molecule has 1 unspecified atom stereocenters. The Hall–Kier alpha value is -0.770. The molecule has 1 aliphatic heterocycles. The minimum Gasteiger partial charge on any atom is -0.394 e. The van der Waals surface area contributed by atoms with Crippen molar-refractivity contribution < 1.29 is 9.84 Å². The van der Waals surface area contributed by atoms with Crippen LogP contribution in [0.25, 0.3) is 0 Å². The van der Waals surface area contributed by atoms with Gasteiger partial charge in [-0.05, 0) is 32.4 Å². The van der Waals surface area contributed by atoms with Crippen molar-refractivity contribution in [3.63, 3.8) is 0 Å². The third-order valence-corrected chi connectivity index (χ3v) is 3.74. The number of rotatable bonds is 3. The molecule has 1 fully saturated rings. The molecule has 0 aliphatic carbocycles. The molecule has 0 spiro atoms. The molecule has 1 saturated heterocycles.